The molecule has 0 bridgehead atoms. The van der Waals surface area contributed by atoms with Gasteiger partial charge in [-0.15, -0.1) is 0 Å². The van der Waals surface area contributed by atoms with E-state index in [1.165, 1.54) is 0 Å². The zero-order valence-corrected chi connectivity index (χ0v) is 14.2. The summed E-state index contributed by atoms with van der Waals surface area (Å²) in [5.74, 6) is 0.310. The number of amides is 1. The van der Waals surface area contributed by atoms with Crippen LogP contribution in [0.2, 0.25) is 0 Å². The zero-order valence-electron chi connectivity index (χ0n) is 14.2. The standard InChI is InChI=1S/C18H29NO2/c1-7-11-18(6,21)17(20)19-16-14(12(2)3)9-8-10-15(16)13(4)5/h8-10,12-13,21H,7,11H2,1-6H3,(H,19,20)/t18-/m0/s1. The van der Waals surface area contributed by atoms with Crippen molar-refractivity contribution in [3.05, 3.63) is 29.3 Å². The van der Waals surface area contributed by atoms with Crippen LogP contribution in [0.4, 0.5) is 5.69 Å². The Morgan fingerprint density at radius 1 is 1.19 bits per heavy atom. The Kier molecular flexibility index (Phi) is 5.97. The van der Waals surface area contributed by atoms with Gasteiger partial charge in [0, 0.05) is 5.69 Å². The number of nitrogens with one attached hydrogen (secondary N) is 1. The van der Waals surface area contributed by atoms with Gasteiger partial charge in [-0.3, -0.25) is 4.79 Å². The summed E-state index contributed by atoms with van der Waals surface area (Å²) in [7, 11) is 0. The first-order valence-corrected chi connectivity index (χ1v) is 7.87. The van der Waals surface area contributed by atoms with Gasteiger partial charge in [0.2, 0.25) is 0 Å². The smallest absolute Gasteiger partial charge is 0.256 e. The molecule has 0 aromatic heterocycles. The zero-order chi connectivity index (χ0) is 16.2. The summed E-state index contributed by atoms with van der Waals surface area (Å²) in [4.78, 5) is 12.4. The summed E-state index contributed by atoms with van der Waals surface area (Å²) in [6.07, 6.45) is 1.23. The van der Waals surface area contributed by atoms with Crippen molar-refractivity contribution >= 4 is 11.6 Å². The highest BCUT2D eigenvalue weighted by molar-refractivity contribution is 5.98. The molecule has 0 fully saturated rings. The average Bonchev–Trinajstić information content (AvgIpc) is 2.38. The van der Waals surface area contributed by atoms with Gasteiger partial charge in [0.25, 0.3) is 5.91 Å². The number of carbonyl (C=O) groups is 1. The van der Waals surface area contributed by atoms with E-state index in [1.54, 1.807) is 6.92 Å². The monoisotopic (exact) mass is 291 g/mol. The predicted molar refractivity (Wildman–Crippen MR) is 88.8 cm³/mol. The van der Waals surface area contributed by atoms with E-state index in [4.69, 9.17) is 0 Å². The Labute approximate surface area is 128 Å². The van der Waals surface area contributed by atoms with E-state index in [0.29, 0.717) is 18.3 Å². The first-order chi connectivity index (χ1) is 9.70. The molecule has 0 aliphatic rings. The van der Waals surface area contributed by atoms with Gasteiger partial charge < -0.3 is 10.4 Å². The van der Waals surface area contributed by atoms with E-state index in [9.17, 15) is 9.90 Å². The highest BCUT2D eigenvalue weighted by Gasteiger charge is 2.30. The summed E-state index contributed by atoms with van der Waals surface area (Å²) < 4.78 is 0. The van der Waals surface area contributed by atoms with Crippen LogP contribution in [0, 0.1) is 0 Å². The van der Waals surface area contributed by atoms with Gasteiger partial charge in [-0.05, 0) is 36.3 Å². The normalized spacial score (nSPS) is 14.3. The summed E-state index contributed by atoms with van der Waals surface area (Å²) in [5, 5.41) is 13.3. The molecule has 0 spiro atoms. The minimum Gasteiger partial charge on any atom is -0.380 e. The molecule has 0 aliphatic heterocycles. The molecule has 3 nitrogen and oxygen atoms in total. The maximum atomic E-state index is 12.4. The van der Waals surface area contributed by atoms with Crippen molar-refractivity contribution < 1.29 is 9.90 Å². The van der Waals surface area contributed by atoms with E-state index in [-0.39, 0.29) is 5.91 Å². The second-order valence-electron chi connectivity index (χ2n) is 6.60. The van der Waals surface area contributed by atoms with E-state index in [2.05, 4.69) is 33.0 Å². The van der Waals surface area contributed by atoms with Crippen molar-refractivity contribution in [2.24, 2.45) is 0 Å². The minimum absolute atomic E-state index is 0.315. The van der Waals surface area contributed by atoms with Gasteiger partial charge >= 0.3 is 0 Å². The third-order valence-corrected chi connectivity index (χ3v) is 3.84. The molecule has 0 unspecified atom stereocenters. The lowest BCUT2D eigenvalue weighted by molar-refractivity contribution is -0.133. The van der Waals surface area contributed by atoms with Gasteiger partial charge in [0.15, 0.2) is 0 Å². The van der Waals surface area contributed by atoms with Crippen LogP contribution < -0.4 is 5.32 Å². The van der Waals surface area contributed by atoms with Gasteiger partial charge in [0.05, 0.1) is 0 Å². The summed E-state index contributed by atoms with van der Waals surface area (Å²) in [5.41, 5.74) is 1.76. The second kappa shape index (κ2) is 7.08. The van der Waals surface area contributed by atoms with Crippen LogP contribution in [0.5, 0.6) is 0 Å². The fraction of sp³-hybridized carbons (Fsp3) is 0.611. The van der Waals surface area contributed by atoms with Gasteiger partial charge in [-0.25, -0.2) is 0 Å². The highest BCUT2D eigenvalue weighted by atomic mass is 16.3. The van der Waals surface area contributed by atoms with Crippen LogP contribution in [0.25, 0.3) is 0 Å². The number of hydrogen-bond donors (Lipinski definition) is 2. The van der Waals surface area contributed by atoms with Crippen molar-refractivity contribution in [3.63, 3.8) is 0 Å². The summed E-state index contributed by atoms with van der Waals surface area (Å²) in [6.45, 7) is 12.0. The number of carbonyl (C=O) groups excluding carboxylic acids is 1. The van der Waals surface area contributed by atoms with E-state index in [1.807, 2.05) is 25.1 Å². The van der Waals surface area contributed by atoms with Crippen molar-refractivity contribution in [2.75, 3.05) is 5.32 Å². The molecule has 118 valence electrons. The predicted octanol–water partition coefficient (Wildman–Crippen LogP) is 4.42. The third-order valence-electron chi connectivity index (χ3n) is 3.84. The topological polar surface area (TPSA) is 49.3 Å². The third kappa shape index (κ3) is 4.31. The molecule has 21 heavy (non-hydrogen) atoms. The first kappa shape index (κ1) is 17.7. The van der Waals surface area contributed by atoms with Crippen molar-refractivity contribution in [3.8, 4) is 0 Å². The van der Waals surface area contributed by atoms with Crippen molar-refractivity contribution in [2.45, 2.75) is 71.8 Å². The van der Waals surface area contributed by atoms with Gasteiger partial charge in [-0.2, -0.15) is 0 Å². The first-order valence-electron chi connectivity index (χ1n) is 7.87. The molecule has 0 radical (unpaired) electrons. The Morgan fingerprint density at radius 3 is 2.05 bits per heavy atom. The second-order valence-corrected chi connectivity index (χ2v) is 6.60. The fourth-order valence-corrected chi connectivity index (χ4v) is 2.54. The largest absolute Gasteiger partial charge is 0.380 e. The molecular weight excluding hydrogens is 262 g/mol. The number of aliphatic hydroxyl groups is 1. The molecule has 2 N–H and O–H groups in total. The molecule has 0 saturated heterocycles. The van der Waals surface area contributed by atoms with Crippen LogP contribution >= 0.6 is 0 Å². The van der Waals surface area contributed by atoms with Gasteiger partial charge in [0.1, 0.15) is 5.60 Å². The van der Waals surface area contributed by atoms with Crippen LogP contribution in [0.3, 0.4) is 0 Å². The van der Waals surface area contributed by atoms with Crippen molar-refractivity contribution in [1.29, 1.82) is 0 Å². The van der Waals surface area contributed by atoms with Crippen LogP contribution in [0.1, 0.15) is 77.3 Å². The number of hydrogen-bond acceptors (Lipinski definition) is 2. The Balaban J connectivity index is 3.19. The molecule has 0 aliphatic carbocycles. The van der Waals surface area contributed by atoms with Crippen LogP contribution in [0.15, 0.2) is 18.2 Å². The highest BCUT2D eigenvalue weighted by Crippen LogP contribution is 2.33. The molecular formula is C18H29NO2. The lowest BCUT2D eigenvalue weighted by Gasteiger charge is -2.25. The maximum Gasteiger partial charge on any atom is 0.256 e. The average molecular weight is 291 g/mol. The molecule has 1 atom stereocenters. The molecule has 0 saturated carbocycles. The lowest BCUT2D eigenvalue weighted by Crippen LogP contribution is -2.40. The Bertz CT molecular complexity index is 464. The van der Waals surface area contributed by atoms with E-state index < -0.39 is 5.60 Å². The van der Waals surface area contributed by atoms with Gasteiger partial charge in [-0.1, -0.05) is 59.2 Å². The minimum atomic E-state index is -1.33. The molecule has 1 aromatic rings. The quantitative estimate of drug-likeness (QED) is 0.815. The summed E-state index contributed by atoms with van der Waals surface area (Å²) >= 11 is 0. The van der Waals surface area contributed by atoms with E-state index >= 15 is 0 Å². The van der Waals surface area contributed by atoms with Crippen LogP contribution in [-0.2, 0) is 4.79 Å². The van der Waals surface area contributed by atoms with E-state index in [0.717, 1.165) is 23.2 Å². The fourth-order valence-electron chi connectivity index (χ4n) is 2.54. The maximum absolute atomic E-state index is 12.4. The molecule has 1 rings (SSSR count). The molecule has 3 heteroatoms. The SMILES string of the molecule is CCC[C@](C)(O)C(=O)Nc1c(C(C)C)cccc1C(C)C. The molecule has 1 aromatic carbocycles. The number of anilines is 1. The van der Waals surface area contributed by atoms with Crippen LogP contribution in [-0.4, -0.2) is 16.6 Å². The molecule has 1 amide bonds. The number of para-hydroxylation sites is 1. The Morgan fingerprint density at radius 2 is 1.67 bits per heavy atom. The summed E-state index contributed by atoms with van der Waals surface area (Å²) in [6, 6.07) is 6.12. The number of rotatable bonds is 6. The molecule has 0 heterocycles. The van der Waals surface area contributed by atoms with Crippen molar-refractivity contribution in [1.82, 2.24) is 0 Å². The Hall–Kier alpha value is -1.35. The lowest BCUT2D eigenvalue weighted by atomic mass is 9.91. The number of benzene rings is 1.